The van der Waals surface area contributed by atoms with Crippen molar-refractivity contribution < 1.29 is 18.3 Å². The molecule has 0 unspecified atom stereocenters. The van der Waals surface area contributed by atoms with Crippen LogP contribution in [0.3, 0.4) is 0 Å². The quantitative estimate of drug-likeness (QED) is 0.849. The third kappa shape index (κ3) is 4.31. The number of rotatable bonds is 3. The van der Waals surface area contributed by atoms with E-state index in [1.807, 2.05) is 28.9 Å². The first-order valence-electron chi connectivity index (χ1n) is 8.95. The number of alkyl halides is 2. The van der Waals surface area contributed by atoms with Crippen molar-refractivity contribution in [3.63, 3.8) is 0 Å². The molecular formula is C19H25F2N3O2. The molecule has 1 aromatic carbocycles. The number of benzene rings is 1. The van der Waals surface area contributed by atoms with Crippen molar-refractivity contribution in [2.24, 2.45) is 0 Å². The standard InChI is InChI=1S/C19H25F2N3O2/c1-18(2,3)26-17(25)22-12-15-14-6-4-5-7-16(14)24(23-15)13-8-10-19(20,21)11-9-13/h4-7,13H,8-12H2,1-3H3,(H,22,25). The molecule has 1 aromatic heterocycles. The van der Waals surface area contributed by atoms with Crippen LogP contribution in [0.4, 0.5) is 13.6 Å². The Balaban J connectivity index is 1.78. The second kappa shape index (κ2) is 6.85. The number of ether oxygens (including phenoxy) is 1. The number of hydrogen-bond acceptors (Lipinski definition) is 3. The average Bonchev–Trinajstić information content (AvgIpc) is 2.90. The summed E-state index contributed by atoms with van der Waals surface area (Å²) in [5, 5.41) is 8.27. The van der Waals surface area contributed by atoms with Gasteiger partial charge in [-0.25, -0.2) is 13.6 Å². The first-order valence-corrected chi connectivity index (χ1v) is 8.95. The number of carbonyl (C=O) groups is 1. The lowest BCUT2D eigenvalue weighted by molar-refractivity contribution is -0.0446. The van der Waals surface area contributed by atoms with E-state index in [2.05, 4.69) is 10.4 Å². The molecule has 1 aliphatic carbocycles. The van der Waals surface area contributed by atoms with E-state index in [4.69, 9.17) is 4.74 Å². The molecule has 3 rings (SSSR count). The molecule has 1 amide bonds. The molecule has 1 aliphatic rings. The number of alkyl carbamates (subject to hydrolysis) is 1. The zero-order valence-corrected chi connectivity index (χ0v) is 15.4. The summed E-state index contributed by atoms with van der Waals surface area (Å²) in [6.45, 7) is 5.63. The predicted octanol–water partition coefficient (Wildman–Crippen LogP) is 4.81. The van der Waals surface area contributed by atoms with Crippen LogP contribution in [-0.2, 0) is 11.3 Å². The number of aromatic nitrogens is 2. The Hall–Kier alpha value is -2.18. The molecule has 1 saturated carbocycles. The van der Waals surface area contributed by atoms with Gasteiger partial charge in [-0.2, -0.15) is 5.10 Å². The van der Waals surface area contributed by atoms with Gasteiger partial charge in [-0.1, -0.05) is 18.2 Å². The molecule has 5 nitrogen and oxygen atoms in total. The molecule has 1 heterocycles. The maximum absolute atomic E-state index is 13.5. The minimum Gasteiger partial charge on any atom is -0.444 e. The Morgan fingerprint density at radius 3 is 2.62 bits per heavy atom. The third-order valence-electron chi connectivity index (χ3n) is 4.52. The van der Waals surface area contributed by atoms with Crippen molar-refractivity contribution in [2.45, 2.75) is 70.6 Å². The zero-order chi connectivity index (χ0) is 18.9. The van der Waals surface area contributed by atoms with Crippen LogP contribution in [0.25, 0.3) is 10.9 Å². The molecule has 0 bridgehead atoms. The summed E-state index contributed by atoms with van der Waals surface area (Å²) < 4.78 is 34.0. The number of fused-ring (bicyclic) bond motifs is 1. The van der Waals surface area contributed by atoms with Gasteiger partial charge in [0.15, 0.2) is 0 Å². The third-order valence-corrected chi connectivity index (χ3v) is 4.52. The number of nitrogens with zero attached hydrogens (tertiary/aromatic N) is 2. The molecule has 1 fully saturated rings. The van der Waals surface area contributed by atoms with Gasteiger partial charge in [0.1, 0.15) is 5.60 Å². The molecule has 1 N–H and O–H groups in total. The Bertz CT molecular complexity index is 786. The summed E-state index contributed by atoms with van der Waals surface area (Å²) in [5.74, 6) is -2.57. The summed E-state index contributed by atoms with van der Waals surface area (Å²) in [6.07, 6.45) is 0.0672. The zero-order valence-electron chi connectivity index (χ0n) is 15.4. The second-order valence-corrected chi connectivity index (χ2v) is 7.85. The van der Waals surface area contributed by atoms with E-state index < -0.39 is 17.6 Å². The fourth-order valence-corrected chi connectivity index (χ4v) is 3.30. The first kappa shape index (κ1) is 18.6. The minimum absolute atomic E-state index is 0.0465. The lowest BCUT2D eigenvalue weighted by Gasteiger charge is -2.28. The molecule has 0 atom stereocenters. The topological polar surface area (TPSA) is 56.1 Å². The summed E-state index contributed by atoms with van der Waals surface area (Å²) in [6, 6.07) is 7.63. The molecule has 142 valence electrons. The highest BCUT2D eigenvalue weighted by Gasteiger charge is 2.36. The smallest absolute Gasteiger partial charge is 0.407 e. The summed E-state index contributed by atoms with van der Waals surface area (Å²) in [5.41, 5.74) is 1.05. The number of amides is 1. The van der Waals surface area contributed by atoms with Crippen molar-refractivity contribution in [1.29, 1.82) is 0 Å². The van der Waals surface area contributed by atoms with E-state index in [9.17, 15) is 13.6 Å². The predicted molar refractivity (Wildman–Crippen MR) is 95.3 cm³/mol. The fourth-order valence-electron chi connectivity index (χ4n) is 3.30. The van der Waals surface area contributed by atoms with Gasteiger partial charge in [0.25, 0.3) is 0 Å². The SMILES string of the molecule is CC(C)(C)OC(=O)NCc1nn(C2CCC(F)(F)CC2)c2ccccc12. The van der Waals surface area contributed by atoms with E-state index in [0.29, 0.717) is 18.5 Å². The molecule has 26 heavy (non-hydrogen) atoms. The number of halogens is 2. The summed E-state index contributed by atoms with van der Waals surface area (Å²) >= 11 is 0. The van der Waals surface area contributed by atoms with Crippen LogP contribution in [0, 0.1) is 0 Å². The van der Waals surface area contributed by atoms with E-state index in [1.165, 1.54) is 0 Å². The van der Waals surface area contributed by atoms with E-state index in [-0.39, 0.29) is 25.4 Å². The van der Waals surface area contributed by atoms with Crippen LogP contribution in [-0.4, -0.2) is 27.4 Å². The Morgan fingerprint density at radius 2 is 1.96 bits per heavy atom. The molecule has 0 saturated heterocycles. The molecule has 2 aromatic rings. The molecule has 0 radical (unpaired) electrons. The van der Waals surface area contributed by atoms with Crippen LogP contribution in [0.2, 0.25) is 0 Å². The number of carbonyl (C=O) groups excluding carboxylic acids is 1. The van der Waals surface area contributed by atoms with Gasteiger partial charge in [-0.15, -0.1) is 0 Å². The molecule has 0 aliphatic heterocycles. The lowest BCUT2D eigenvalue weighted by atomic mass is 9.92. The van der Waals surface area contributed by atoms with Gasteiger partial charge in [0.2, 0.25) is 5.92 Å². The van der Waals surface area contributed by atoms with E-state index >= 15 is 0 Å². The number of nitrogens with one attached hydrogen (secondary N) is 1. The van der Waals surface area contributed by atoms with Gasteiger partial charge >= 0.3 is 6.09 Å². The van der Waals surface area contributed by atoms with E-state index in [1.54, 1.807) is 20.8 Å². The largest absolute Gasteiger partial charge is 0.444 e. The summed E-state index contributed by atoms with van der Waals surface area (Å²) in [7, 11) is 0. The van der Waals surface area contributed by atoms with Gasteiger partial charge in [-0.05, 0) is 39.7 Å². The normalized spacial score (nSPS) is 18.0. The Labute approximate surface area is 151 Å². The number of para-hydroxylation sites is 1. The summed E-state index contributed by atoms with van der Waals surface area (Å²) in [4.78, 5) is 11.9. The number of hydrogen-bond donors (Lipinski definition) is 1. The second-order valence-electron chi connectivity index (χ2n) is 7.85. The van der Waals surface area contributed by atoms with Crippen LogP contribution in [0.15, 0.2) is 24.3 Å². The fraction of sp³-hybridized carbons (Fsp3) is 0.579. The Morgan fingerprint density at radius 1 is 1.31 bits per heavy atom. The van der Waals surface area contributed by atoms with Crippen molar-refractivity contribution in [2.75, 3.05) is 0 Å². The average molecular weight is 365 g/mol. The highest BCUT2D eigenvalue weighted by atomic mass is 19.3. The van der Waals surface area contributed by atoms with E-state index in [0.717, 1.165) is 10.9 Å². The van der Waals surface area contributed by atoms with Crippen molar-refractivity contribution >= 4 is 17.0 Å². The van der Waals surface area contributed by atoms with Gasteiger partial charge in [0.05, 0.1) is 23.8 Å². The highest BCUT2D eigenvalue weighted by molar-refractivity contribution is 5.82. The lowest BCUT2D eigenvalue weighted by Crippen LogP contribution is -2.32. The maximum Gasteiger partial charge on any atom is 0.407 e. The van der Waals surface area contributed by atoms with Crippen molar-refractivity contribution in [3.05, 3.63) is 30.0 Å². The maximum atomic E-state index is 13.5. The van der Waals surface area contributed by atoms with Gasteiger partial charge in [-0.3, -0.25) is 4.68 Å². The minimum atomic E-state index is -2.57. The van der Waals surface area contributed by atoms with Crippen LogP contribution in [0.1, 0.15) is 58.2 Å². The molecule has 7 heteroatoms. The van der Waals surface area contributed by atoms with Crippen molar-refractivity contribution in [1.82, 2.24) is 15.1 Å². The monoisotopic (exact) mass is 365 g/mol. The van der Waals surface area contributed by atoms with Crippen LogP contribution < -0.4 is 5.32 Å². The highest BCUT2D eigenvalue weighted by Crippen LogP contribution is 2.39. The van der Waals surface area contributed by atoms with Gasteiger partial charge in [0, 0.05) is 18.2 Å². The van der Waals surface area contributed by atoms with Crippen LogP contribution in [0.5, 0.6) is 0 Å². The van der Waals surface area contributed by atoms with Crippen molar-refractivity contribution in [3.8, 4) is 0 Å². The van der Waals surface area contributed by atoms with Gasteiger partial charge < -0.3 is 10.1 Å². The molecular weight excluding hydrogens is 340 g/mol. The Kier molecular flexibility index (Phi) is 4.90. The van der Waals surface area contributed by atoms with Crippen LogP contribution >= 0.6 is 0 Å². The molecule has 0 spiro atoms. The first-order chi connectivity index (χ1) is 12.1.